The summed E-state index contributed by atoms with van der Waals surface area (Å²) in [6, 6.07) is 12.0. The number of nitrogens with zero attached hydrogens (tertiary/aromatic N) is 5. The van der Waals surface area contributed by atoms with Gasteiger partial charge in [0.15, 0.2) is 5.67 Å². The summed E-state index contributed by atoms with van der Waals surface area (Å²) in [6.45, 7) is 1.47. The molecule has 32 heavy (non-hydrogen) atoms. The SMILES string of the molecule is N#Cc1cncc2c1OCCN(C(=O)C1(F)CCN(c3cc4ccccc4cn3)CC1)C2. The first-order valence-corrected chi connectivity index (χ1v) is 10.7. The van der Waals surface area contributed by atoms with Crippen LogP contribution in [0, 0.1) is 11.3 Å². The highest BCUT2D eigenvalue weighted by molar-refractivity contribution is 5.86. The molecule has 0 spiro atoms. The number of benzene rings is 1. The number of anilines is 1. The molecule has 1 aromatic carbocycles. The molecule has 7 nitrogen and oxygen atoms in total. The Morgan fingerprint density at radius 3 is 2.69 bits per heavy atom. The highest BCUT2D eigenvalue weighted by Crippen LogP contribution is 2.33. The first kappa shape index (κ1) is 20.2. The summed E-state index contributed by atoms with van der Waals surface area (Å²) in [5.41, 5.74) is -0.989. The molecule has 2 aliphatic rings. The third-order valence-corrected chi connectivity index (χ3v) is 6.23. The van der Waals surface area contributed by atoms with Crippen molar-refractivity contribution in [2.75, 3.05) is 31.1 Å². The van der Waals surface area contributed by atoms with Gasteiger partial charge in [0.05, 0.1) is 13.1 Å². The van der Waals surface area contributed by atoms with Crippen molar-refractivity contribution in [3.63, 3.8) is 0 Å². The second-order valence-electron chi connectivity index (χ2n) is 8.20. The van der Waals surface area contributed by atoms with E-state index >= 15 is 4.39 Å². The number of halogens is 1. The molecule has 0 radical (unpaired) electrons. The van der Waals surface area contributed by atoms with E-state index in [-0.39, 0.29) is 32.5 Å². The molecule has 0 N–H and O–H groups in total. The molecule has 1 fully saturated rings. The summed E-state index contributed by atoms with van der Waals surface area (Å²) in [7, 11) is 0. The average molecular weight is 431 g/mol. The molecule has 2 aromatic heterocycles. The van der Waals surface area contributed by atoms with Crippen molar-refractivity contribution in [3.05, 3.63) is 60.0 Å². The van der Waals surface area contributed by atoms with Gasteiger partial charge in [-0.25, -0.2) is 9.37 Å². The normalized spacial score (nSPS) is 17.8. The Morgan fingerprint density at radius 2 is 1.91 bits per heavy atom. The van der Waals surface area contributed by atoms with E-state index in [0.29, 0.717) is 30.0 Å². The summed E-state index contributed by atoms with van der Waals surface area (Å²) in [6.07, 6.45) is 5.03. The quantitative estimate of drug-likeness (QED) is 0.620. The zero-order valence-corrected chi connectivity index (χ0v) is 17.5. The van der Waals surface area contributed by atoms with Crippen molar-refractivity contribution in [1.29, 1.82) is 5.26 Å². The van der Waals surface area contributed by atoms with E-state index in [4.69, 9.17) is 4.74 Å². The van der Waals surface area contributed by atoms with Gasteiger partial charge < -0.3 is 14.5 Å². The maximum Gasteiger partial charge on any atom is 0.260 e. The van der Waals surface area contributed by atoms with E-state index in [1.807, 2.05) is 41.4 Å². The maximum absolute atomic E-state index is 15.8. The molecule has 4 heterocycles. The molecule has 3 aromatic rings. The zero-order valence-electron chi connectivity index (χ0n) is 17.5. The van der Waals surface area contributed by atoms with Gasteiger partial charge >= 0.3 is 0 Å². The van der Waals surface area contributed by atoms with Gasteiger partial charge in [0.2, 0.25) is 0 Å². The molecule has 5 rings (SSSR count). The van der Waals surface area contributed by atoms with Crippen molar-refractivity contribution in [3.8, 4) is 11.8 Å². The lowest BCUT2D eigenvalue weighted by atomic mass is 9.91. The molecular weight excluding hydrogens is 409 g/mol. The Balaban J connectivity index is 1.30. The smallest absolute Gasteiger partial charge is 0.260 e. The number of fused-ring (bicyclic) bond motifs is 2. The topological polar surface area (TPSA) is 82.3 Å². The van der Waals surface area contributed by atoms with Crippen LogP contribution < -0.4 is 9.64 Å². The van der Waals surface area contributed by atoms with Crippen LogP contribution in [0.1, 0.15) is 24.0 Å². The second-order valence-corrected chi connectivity index (χ2v) is 8.20. The Labute approximate surface area is 185 Å². The van der Waals surface area contributed by atoms with Crippen LogP contribution in [0.5, 0.6) is 5.75 Å². The number of carbonyl (C=O) groups is 1. The van der Waals surface area contributed by atoms with Crippen molar-refractivity contribution in [2.45, 2.75) is 25.1 Å². The van der Waals surface area contributed by atoms with Gasteiger partial charge in [-0.1, -0.05) is 24.3 Å². The number of rotatable bonds is 2. The van der Waals surface area contributed by atoms with Gasteiger partial charge in [-0.05, 0) is 11.5 Å². The molecule has 0 aliphatic carbocycles. The first-order valence-electron chi connectivity index (χ1n) is 10.7. The fraction of sp³-hybridized carbons (Fsp3) is 0.333. The first-order chi connectivity index (χ1) is 15.6. The lowest BCUT2D eigenvalue weighted by Gasteiger charge is -2.38. The van der Waals surface area contributed by atoms with Crippen molar-refractivity contribution >= 4 is 22.5 Å². The van der Waals surface area contributed by atoms with Crippen LogP contribution in [0.15, 0.2) is 48.9 Å². The highest BCUT2D eigenvalue weighted by Gasteiger charge is 2.45. The number of ether oxygens (including phenoxy) is 1. The maximum atomic E-state index is 15.8. The Morgan fingerprint density at radius 1 is 1.12 bits per heavy atom. The van der Waals surface area contributed by atoms with Gasteiger partial charge in [-0.3, -0.25) is 9.78 Å². The third-order valence-electron chi connectivity index (χ3n) is 6.23. The minimum atomic E-state index is -1.93. The predicted octanol–water partition coefficient (Wildman–Crippen LogP) is 3.23. The lowest BCUT2D eigenvalue weighted by molar-refractivity contribution is -0.146. The van der Waals surface area contributed by atoms with Crippen LogP contribution in [-0.2, 0) is 11.3 Å². The van der Waals surface area contributed by atoms with E-state index in [0.717, 1.165) is 16.6 Å². The number of aromatic nitrogens is 2. The largest absolute Gasteiger partial charge is 0.490 e. The molecule has 1 saturated heterocycles. The summed E-state index contributed by atoms with van der Waals surface area (Å²) in [5, 5.41) is 11.4. The number of pyridine rings is 2. The standard InChI is InChI=1S/C24H22FN5O2/c25-24(23(31)30-9-10-32-22-19(12-26)13-27-14-20(22)16-30)5-7-29(8-6-24)21-11-17-3-1-2-4-18(17)15-28-21/h1-4,11,13-15H,5-10,16H2. The van der Waals surface area contributed by atoms with Crippen LogP contribution in [0.25, 0.3) is 10.8 Å². The lowest BCUT2D eigenvalue weighted by Crippen LogP contribution is -2.52. The van der Waals surface area contributed by atoms with Gasteiger partial charge in [-0.2, -0.15) is 5.26 Å². The Bertz CT molecular complexity index is 1220. The number of piperidine rings is 1. The van der Waals surface area contributed by atoms with Crippen LogP contribution in [-0.4, -0.2) is 52.7 Å². The molecule has 8 heteroatoms. The Hall–Kier alpha value is -3.73. The summed E-state index contributed by atoms with van der Waals surface area (Å²) < 4.78 is 21.5. The summed E-state index contributed by atoms with van der Waals surface area (Å²) in [4.78, 5) is 25.3. The molecular formula is C24H22FN5O2. The van der Waals surface area contributed by atoms with E-state index in [2.05, 4.69) is 16.0 Å². The molecule has 1 amide bonds. The fourth-order valence-corrected chi connectivity index (χ4v) is 4.40. The number of hydrogen-bond donors (Lipinski definition) is 0. The molecule has 0 unspecified atom stereocenters. The number of alkyl halides is 1. The highest BCUT2D eigenvalue weighted by atomic mass is 19.1. The van der Waals surface area contributed by atoms with Gasteiger partial charge in [0, 0.05) is 55.5 Å². The molecule has 0 bridgehead atoms. The monoisotopic (exact) mass is 431 g/mol. The van der Waals surface area contributed by atoms with Crippen molar-refractivity contribution in [1.82, 2.24) is 14.9 Å². The van der Waals surface area contributed by atoms with Crippen LogP contribution in [0.4, 0.5) is 10.2 Å². The van der Waals surface area contributed by atoms with E-state index in [1.54, 1.807) is 6.20 Å². The molecule has 162 valence electrons. The van der Waals surface area contributed by atoms with E-state index < -0.39 is 11.6 Å². The summed E-state index contributed by atoms with van der Waals surface area (Å²) >= 11 is 0. The van der Waals surface area contributed by atoms with Gasteiger partial charge in [0.25, 0.3) is 5.91 Å². The second kappa shape index (κ2) is 8.08. The predicted molar refractivity (Wildman–Crippen MR) is 117 cm³/mol. The van der Waals surface area contributed by atoms with Gasteiger partial charge in [-0.15, -0.1) is 0 Å². The molecule has 0 atom stereocenters. The zero-order chi connectivity index (χ0) is 22.1. The number of carbonyl (C=O) groups excluding carboxylic acids is 1. The van der Waals surface area contributed by atoms with Crippen molar-refractivity contribution < 1.29 is 13.9 Å². The number of amides is 1. The van der Waals surface area contributed by atoms with Crippen LogP contribution >= 0.6 is 0 Å². The summed E-state index contributed by atoms with van der Waals surface area (Å²) in [5.74, 6) is 0.704. The minimum absolute atomic E-state index is 0.0983. The van der Waals surface area contributed by atoms with Crippen molar-refractivity contribution in [2.24, 2.45) is 0 Å². The van der Waals surface area contributed by atoms with Crippen LogP contribution in [0.2, 0.25) is 0 Å². The minimum Gasteiger partial charge on any atom is -0.490 e. The fourth-order valence-electron chi connectivity index (χ4n) is 4.40. The Kier molecular flexibility index (Phi) is 5.10. The number of nitriles is 1. The third kappa shape index (κ3) is 3.60. The number of hydrogen-bond acceptors (Lipinski definition) is 6. The average Bonchev–Trinajstić information content (AvgIpc) is 3.06. The molecule has 0 saturated carbocycles. The van der Waals surface area contributed by atoms with E-state index in [1.165, 1.54) is 11.1 Å². The molecule has 2 aliphatic heterocycles. The van der Waals surface area contributed by atoms with Crippen LogP contribution in [0.3, 0.4) is 0 Å². The van der Waals surface area contributed by atoms with E-state index in [9.17, 15) is 10.1 Å². The van der Waals surface area contributed by atoms with Gasteiger partial charge in [0.1, 0.15) is 29.8 Å².